The molecule has 0 saturated carbocycles. The SMILES string of the molecule is c1cncc(-c2ncc3c(n2)CCN(Cc2cn4ccccc4n2)C3)c1. The van der Waals surface area contributed by atoms with Gasteiger partial charge < -0.3 is 4.40 Å². The minimum absolute atomic E-state index is 0.755. The summed E-state index contributed by atoms with van der Waals surface area (Å²) in [5.41, 5.74) is 5.39. The number of aromatic nitrogens is 5. The molecule has 5 rings (SSSR count). The standard InChI is InChI=1S/C20H18N6/c1-2-8-26-14-17(23-19(26)5-1)13-25-9-6-18-16(12-25)11-22-20(24-18)15-4-3-7-21-10-15/h1-5,7-8,10-11,14H,6,9,12-13H2. The van der Waals surface area contributed by atoms with E-state index < -0.39 is 0 Å². The summed E-state index contributed by atoms with van der Waals surface area (Å²) in [6.07, 6.45) is 10.6. The van der Waals surface area contributed by atoms with Crippen LogP contribution in [0.15, 0.2) is 61.3 Å². The molecule has 1 aliphatic rings. The summed E-state index contributed by atoms with van der Waals surface area (Å²) in [5, 5.41) is 0. The number of hydrogen-bond acceptors (Lipinski definition) is 5. The molecule has 4 aromatic rings. The van der Waals surface area contributed by atoms with E-state index in [2.05, 4.69) is 25.5 Å². The molecule has 0 saturated heterocycles. The summed E-state index contributed by atoms with van der Waals surface area (Å²) in [6, 6.07) is 9.97. The number of imidazole rings is 1. The van der Waals surface area contributed by atoms with E-state index in [1.807, 2.05) is 42.7 Å². The molecule has 26 heavy (non-hydrogen) atoms. The van der Waals surface area contributed by atoms with Crippen LogP contribution in [-0.4, -0.2) is 35.8 Å². The maximum atomic E-state index is 4.76. The molecular weight excluding hydrogens is 324 g/mol. The molecule has 0 aromatic carbocycles. The van der Waals surface area contributed by atoms with Gasteiger partial charge in [-0.2, -0.15) is 0 Å². The molecule has 6 nitrogen and oxygen atoms in total. The molecule has 0 bridgehead atoms. The van der Waals surface area contributed by atoms with Crippen LogP contribution in [0.1, 0.15) is 17.0 Å². The van der Waals surface area contributed by atoms with Gasteiger partial charge in [-0.1, -0.05) is 6.07 Å². The van der Waals surface area contributed by atoms with Crippen molar-refractivity contribution >= 4 is 5.65 Å². The van der Waals surface area contributed by atoms with Crippen LogP contribution in [0, 0.1) is 0 Å². The lowest BCUT2D eigenvalue weighted by molar-refractivity contribution is 0.240. The van der Waals surface area contributed by atoms with E-state index in [0.717, 1.165) is 54.5 Å². The van der Waals surface area contributed by atoms with E-state index in [4.69, 9.17) is 9.97 Å². The van der Waals surface area contributed by atoms with Gasteiger partial charge in [0.15, 0.2) is 5.82 Å². The first kappa shape index (κ1) is 15.2. The van der Waals surface area contributed by atoms with E-state index in [1.165, 1.54) is 5.56 Å². The highest BCUT2D eigenvalue weighted by Gasteiger charge is 2.19. The fraction of sp³-hybridized carbons (Fsp3) is 0.200. The number of rotatable bonds is 3. The van der Waals surface area contributed by atoms with Crippen LogP contribution in [0.25, 0.3) is 17.0 Å². The van der Waals surface area contributed by atoms with Gasteiger partial charge in [0.25, 0.3) is 0 Å². The Morgan fingerprint density at radius 1 is 1.04 bits per heavy atom. The zero-order valence-corrected chi connectivity index (χ0v) is 14.3. The molecule has 0 N–H and O–H groups in total. The molecule has 0 radical (unpaired) electrons. The van der Waals surface area contributed by atoms with Crippen molar-refractivity contribution in [3.05, 3.63) is 78.3 Å². The van der Waals surface area contributed by atoms with Crippen molar-refractivity contribution in [3.63, 3.8) is 0 Å². The van der Waals surface area contributed by atoms with Gasteiger partial charge in [-0.15, -0.1) is 0 Å². The van der Waals surface area contributed by atoms with Gasteiger partial charge in [0.2, 0.25) is 0 Å². The molecule has 0 amide bonds. The Bertz CT molecular complexity index is 1020. The third-order valence-electron chi connectivity index (χ3n) is 4.73. The average molecular weight is 342 g/mol. The normalized spacial score (nSPS) is 14.5. The molecule has 4 aromatic heterocycles. The number of nitrogens with zero attached hydrogens (tertiary/aromatic N) is 6. The van der Waals surface area contributed by atoms with Crippen LogP contribution < -0.4 is 0 Å². The first-order chi connectivity index (χ1) is 12.8. The predicted octanol–water partition coefficient (Wildman–Crippen LogP) is 2.74. The maximum Gasteiger partial charge on any atom is 0.160 e. The van der Waals surface area contributed by atoms with E-state index in [0.29, 0.717) is 0 Å². The third kappa shape index (κ3) is 2.84. The maximum absolute atomic E-state index is 4.76. The summed E-state index contributed by atoms with van der Waals surface area (Å²) >= 11 is 0. The first-order valence-corrected chi connectivity index (χ1v) is 8.75. The largest absolute Gasteiger partial charge is 0.307 e. The molecule has 0 spiro atoms. The number of pyridine rings is 2. The van der Waals surface area contributed by atoms with Crippen molar-refractivity contribution in [2.45, 2.75) is 19.5 Å². The lowest BCUT2D eigenvalue weighted by atomic mass is 10.1. The highest BCUT2D eigenvalue weighted by Crippen LogP contribution is 2.21. The van der Waals surface area contributed by atoms with Gasteiger partial charge in [0.1, 0.15) is 5.65 Å². The van der Waals surface area contributed by atoms with Gasteiger partial charge in [-0.3, -0.25) is 9.88 Å². The Balaban J connectivity index is 1.35. The lowest BCUT2D eigenvalue weighted by Crippen LogP contribution is -2.31. The lowest BCUT2D eigenvalue weighted by Gasteiger charge is -2.27. The second-order valence-corrected chi connectivity index (χ2v) is 6.57. The van der Waals surface area contributed by atoms with Gasteiger partial charge in [0, 0.05) is 68.2 Å². The quantitative estimate of drug-likeness (QED) is 0.573. The molecule has 5 heterocycles. The van der Waals surface area contributed by atoms with Crippen LogP contribution in [0.3, 0.4) is 0 Å². The second kappa shape index (κ2) is 6.31. The van der Waals surface area contributed by atoms with Crippen molar-refractivity contribution in [1.29, 1.82) is 0 Å². The topological polar surface area (TPSA) is 59.2 Å². The molecule has 0 atom stereocenters. The average Bonchev–Trinajstić information content (AvgIpc) is 3.10. The molecule has 0 fully saturated rings. The van der Waals surface area contributed by atoms with Crippen LogP contribution >= 0.6 is 0 Å². The minimum Gasteiger partial charge on any atom is -0.307 e. The summed E-state index contributed by atoms with van der Waals surface area (Å²) in [6.45, 7) is 2.67. The smallest absolute Gasteiger partial charge is 0.160 e. The van der Waals surface area contributed by atoms with Crippen LogP contribution in [0.5, 0.6) is 0 Å². The van der Waals surface area contributed by atoms with E-state index in [1.54, 1.807) is 12.4 Å². The van der Waals surface area contributed by atoms with Crippen molar-refractivity contribution < 1.29 is 0 Å². The number of hydrogen-bond donors (Lipinski definition) is 0. The van der Waals surface area contributed by atoms with E-state index >= 15 is 0 Å². The zero-order chi connectivity index (χ0) is 17.3. The van der Waals surface area contributed by atoms with Crippen molar-refractivity contribution in [1.82, 2.24) is 29.2 Å². The monoisotopic (exact) mass is 342 g/mol. The molecule has 128 valence electrons. The first-order valence-electron chi connectivity index (χ1n) is 8.75. The Kier molecular flexibility index (Phi) is 3.68. The van der Waals surface area contributed by atoms with Gasteiger partial charge in [0.05, 0.1) is 11.4 Å². The zero-order valence-electron chi connectivity index (χ0n) is 14.3. The Morgan fingerprint density at radius 2 is 2.04 bits per heavy atom. The second-order valence-electron chi connectivity index (χ2n) is 6.57. The van der Waals surface area contributed by atoms with Crippen molar-refractivity contribution in [2.75, 3.05) is 6.54 Å². The Labute approximate surface area is 151 Å². The number of fused-ring (bicyclic) bond motifs is 2. The van der Waals surface area contributed by atoms with Gasteiger partial charge >= 0.3 is 0 Å². The predicted molar refractivity (Wildman–Crippen MR) is 98.3 cm³/mol. The fourth-order valence-corrected chi connectivity index (χ4v) is 3.44. The summed E-state index contributed by atoms with van der Waals surface area (Å²) in [4.78, 5) is 20.6. The third-order valence-corrected chi connectivity index (χ3v) is 4.73. The van der Waals surface area contributed by atoms with E-state index in [9.17, 15) is 0 Å². The van der Waals surface area contributed by atoms with Crippen molar-refractivity contribution in [3.8, 4) is 11.4 Å². The molecule has 6 heteroatoms. The fourth-order valence-electron chi connectivity index (χ4n) is 3.44. The summed E-state index contributed by atoms with van der Waals surface area (Å²) < 4.78 is 2.07. The molecular formula is C20H18N6. The van der Waals surface area contributed by atoms with Gasteiger partial charge in [-0.25, -0.2) is 15.0 Å². The molecule has 1 aliphatic heterocycles. The minimum atomic E-state index is 0.755. The summed E-state index contributed by atoms with van der Waals surface area (Å²) in [5.74, 6) is 0.755. The Hall–Kier alpha value is -3.12. The van der Waals surface area contributed by atoms with Crippen LogP contribution in [-0.2, 0) is 19.5 Å². The van der Waals surface area contributed by atoms with Crippen LogP contribution in [0.4, 0.5) is 0 Å². The Morgan fingerprint density at radius 3 is 2.92 bits per heavy atom. The van der Waals surface area contributed by atoms with E-state index in [-0.39, 0.29) is 0 Å². The molecule has 0 aliphatic carbocycles. The van der Waals surface area contributed by atoms with Crippen molar-refractivity contribution in [2.24, 2.45) is 0 Å². The molecule has 0 unspecified atom stereocenters. The van der Waals surface area contributed by atoms with Gasteiger partial charge in [-0.05, 0) is 24.3 Å². The highest BCUT2D eigenvalue weighted by atomic mass is 15.2. The van der Waals surface area contributed by atoms with Crippen LogP contribution in [0.2, 0.25) is 0 Å². The highest BCUT2D eigenvalue weighted by molar-refractivity contribution is 5.53. The summed E-state index contributed by atoms with van der Waals surface area (Å²) in [7, 11) is 0.